The van der Waals surface area contributed by atoms with E-state index < -0.39 is 0 Å². The molecule has 0 saturated carbocycles. The van der Waals surface area contributed by atoms with E-state index in [-0.39, 0.29) is 0 Å². The molecule has 1 aromatic heterocycles. The predicted molar refractivity (Wildman–Crippen MR) is 60.3 cm³/mol. The Morgan fingerprint density at radius 2 is 2.38 bits per heavy atom. The van der Waals surface area contributed by atoms with Crippen molar-refractivity contribution in [2.24, 2.45) is 0 Å². The van der Waals surface area contributed by atoms with Crippen LogP contribution in [0.3, 0.4) is 0 Å². The Bertz CT molecular complexity index is 265. The molecule has 0 radical (unpaired) electrons. The van der Waals surface area contributed by atoms with Gasteiger partial charge in [-0.25, -0.2) is 0 Å². The van der Waals surface area contributed by atoms with E-state index in [2.05, 4.69) is 36.5 Å². The molecule has 0 amide bonds. The third kappa shape index (κ3) is 2.68. The highest BCUT2D eigenvalue weighted by atomic mass is 32.1. The average molecular weight is 195 g/mol. The first-order valence-corrected chi connectivity index (χ1v) is 5.62. The summed E-state index contributed by atoms with van der Waals surface area (Å²) in [5.74, 6) is 0. The Labute approximate surface area is 84.5 Å². The molecule has 0 aliphatic carbocycles. The number of thiophene rings is 1. The van der Waals surface area contributed by atoms with E-state index in [9.17, 15) is 0 Å². The van der Waals surface area contributed by atoms with Gasteiger partial charge in [-0.15, -0.1) is 6.58 Å². The minimum atomic E-state index is 0.325. The molecule has 1 aromatic rings. The van der Waals surface area contributed by atoms with Crippen LogP contribution in [0.15, 0.2) is 23.4 Å². The van der Waals surface area contributed by atoms with Crippen molar-refractivity contribution in [3.05, 3.63) is 34.5 Å². The molecular weight excluding hydrogens is 178 g/mol. The maximum atomic E-state index is 3.85. The first-order valence-electron chi connectivity index (χ1n) is 4.68. The third-order valence-corrected chi connectivity index (χ3v) is 2.96. The highest BCUT2D eigenvalue weighted by Crippen LogP contribution is 2.22. The van der Waals surface area contributed by atoms with Gasteiger partial charge >= 0.3 is 0 Å². The molecule has 1 atom stereocenters. The molecule has 2 heteroatoms. The van der Waals surface area contributed by atoms with Gasteiger partial charge in [0.15, 0.2) is 0 Å². The van der Waals surface area contributed by atoms with Crippen LogP contribution in [-0.2, 0) is 0 Å². The largest absolute Gasteiger partial charge is 0.307 e. The van der Waals surface area contributed by atoms with Crippen LogP contribution in [0.4, 0.5) is 0 Å². The molecule has 0 bridgehead atoms. The van der Waals surface area contributed by atoms with Crippen LogP contribution in [0.2, 0.25) is 0 Å². The van der Waals surface area contributed by atoms with Crippen LogP contribution in [0, 0.1) is 6.92 Å². The molecule has 72 valence electrons. The molecule has 1 N–H and O–H groups in total. The van der Waals surface area contributed by atoms with E-state index in [1.807, 2.05) is 6.08 Å². The second kappa shape index (κ2) is 5.20. The van der Waals surface area contributed by atoms with Crippen LogP contribution < -0.4 is 5.32 Å². The summed E-state index contributed by atoms with van der Waals surface area (Å²) in [6, 6.07) is 0.325. The van der Waals surface area contributed by atoms with Crippen molar-refractivity contribution in [3.8, 4) is 0 Å². The fraction of sp³-hybridized carbons (Fsp3) is 0.455. The molecule has 0 aromatic carbocycles. The normalized spacial score (nSPS) is 12.8. The Balaban J connectivity index is 2.66. The third-order valence-electron chi connectivity index (χ3n) is 2.08. The van der Waals surface area contributed by atoms with Crippen LogP contribution in [-0.4, -0.2) is 6.54 Å². The number of aryl methyl sites for hydroxylation is 1. The first-order chi connectivity index (χ1) is 6.29. The van der Waals surface area contributed by atoms with E-state index in [1.165, 1.54) is 11.1 Å². The molecule has 1 rings (SSSR count). The molecule has 13 heavy (non-hydrogen) atoms. The zero-order valence-corrected chi connectivity index (χ0v) is 9.16. The zero-order chi connectivity index (χ0) is 9.68. The lowest BCUT2D eigenvalue weighted by Crippen LogP contribution is -2.20. The molecule has 1 nitrogen and oxygen atoms in total. The van der Waals surface area contributed by atoms with Crippen LogP contribution in [0.25, 0.3) is 0 Å². The average Bonchev–Trinajstić information content (AvgIpc) is 2.54. The summed E-state index contributed by atoms with van der Waals surface area (Å²) in [4.78, 5) is 0. The highest BCUT2D eigenvalue weighted by Gasteiger charge is 2.08. The topological polar surface area (TPSA) is 12.0 Å². The number of hydrogen-bond acceptors (Lipinski definition) is 2. The van der Waals surface area contributed by atoms with Crippen molar-refractivity contribution in [2.75, 3.05) is 6.54 Å². The standard InChI is InChI=1S/C11H17NS/c1-4-6-12-11(5-2)10-8-13-7-9(10)3/h5,7-8,11-12H,2,4,6H2,1,3H3. The zero-order valence-electron chi connectivity index (χ0n) is 8.34. The summed E-state index contributed by atoms with van der Waals surface area (Å²) in [5.41, 5.74) is 2.73. The second-order valence-electron chi connectivity index (χ2n) is 3.18. The first kappa shape index (κ1) is 10.5. The summed E-state index contributed by atoms with van der Waals surface area (Å²) in [5, 5.41) is 7.83. The summed E-state index contributed by atoms with van der Waals surface area (Å²) < 4.78 is 0. The summed E-state index contributed by atoms with van der Waals surface area (Å²) in [7, 11) is 0. The van der Waals surface area contributed by atoms with E-state index in [1.54, 1.807) is 11.3 Å². The van der Waals surface area contributed by atoms with Gasteiger partial charge in [0.1, 0.15) is 0 Å². The van der Waals surface area contributed by atoms with Crippen molar-refractivity contribution < 1.29 is 0 Å². The maximum absolute atomic E-state index is 3.85. The molecule has 0 aliphatic heterocycles. The minimum Gasteiger partial charge on any atom is -0.307 e. The lowest BCUT2D eigenvalue weighted by atomic mass is 10.1. The Hall–Kier alpha value is -0.600. The number of nitrogens with one attached hydrogen (secondary N) is 1. The minimum absolute atomic E-state index is 0.325. The van der Waals surface area contributed by atoms with Gasteiger partial charge < -0.3 is 5.32 Å². The molecule has 0 fully saturated rings. The van der Waals surface area contributed by atoms with E-state index >= 15 is 0 Å². The quantitative estimate of drug-likeness (QED) is 0.711. The fourth-order valence-electron chi connectivity index (χ4n) is 1.31. The predicted octanol–water partition coefficient (Wildman–Crippen LogP) is 3.28. The van der Waals surface area contributed by atoms with Crippen molar-refractivity contribution in [1.29, 1.82) is 0 Å². The molecule has 0 saturated heterocycles. The summed E-state index contributed by atoms with van der Waals surface area (Å²) in [6.07, 6.45) is 3.14. The molecule has 1 heterocycles. The van der Waals surface area contributed by atoms with Gasteiger partial charge in [0, 0.05) is 0 Å². The van der Waals surface area contributed by atoms with Gasteiger partial charge in [0.25, 0.3) is 0 Å². The monoisotopic (exact) mass is 195 g/mol. The van der Waals surface area contributed by atoms with Crippen molar-refractivity contribution in [2.45, 2.75) is 26.3 Å². The van der Waals surface area contributed by atoms with Gasteiger partial charge in [-0.1, -0.05) is 13.0 Å². The van der Waals surface area contributed by atoms with Crippen molar-refractivity contribution >= 4 is 11.3 Å². The van der Waals surface area contributed by atoms with Gasteiger partial charge in [-0.05, 0) is 41.8 Å². The van der Waals surface area contributed by atoms with E-state index in [4.69, 9.17) is 0 Å². The van der Waals surface area contributed by atoms with Crippen LogP contribution in [0.5, 0.6) is 0 Å². The van der Waals surface area contributed by atoms with Gasteiger partial charge in [-0.3, -0.25) is 0 Å². The van der Waals surface area contributed by atoms with Crippen LogP contribution in [0.1, 0.15) is 30.5 Å². The Morgan fingerprint density at radius 3 is 2.85 bits per heavy atom. The van der Waals surface area contributed by atoms with Gasteiger partial charge in [0.2, 0.25) is 0 Å². The molecule has 1 unspecified atom stereocenters. The number of hydrogen-bond donors (Lipinski definition) is 1. The highest BCUT2D eigenvalue weighted by molar-refractivity contribution is 7.08. The smallest absolute Gasteiger partial charge is 0.0514 e. The lowest BCUT2D eigenvalue weighted by Gasteiger charge is -2.13. The summed E-state index contributed by atoms with van der Waals surface area (Å²) >= 11 is 1.76. The van der Waals surface area contributed by atoms with Crippen molar-refractivity contribution in [3.63, 3.8) is 0 Å². The fourth-order valence-corrected chi connectivity index (χ4v) is 2.20. The van der Waals surface area contributed by atoms with Gasteiger partial charge in [-0.2, -0.15) is 11.3 Å². The molecule has 0 aliphatic rings. The SMILES string of the molecule is C=CC(NCCC)c1cscc1C. The Kier molecular flexibility index (Phi) is 4.19. The number of rotatable bonds is 5. The van der Waals surface area contributed by atoms with E-state index in [0.717, 1.165) is 13.0 Å². The van der Waals surface area contributed by atoms with Crippen LogP contribution >= 0.6 is 11.3 Å². The maximum Gasteiger partial charge on any atom is 0.0514 e. The lowest BCUT2D eigenvalue weighted by molar-refractivity contribution is 0.613. The van der Waals surface area contributed by atoms with Gasteiger partial charge in [0.05, 0.1) is 6.04 Å². The molecule has 0 spiro atoms. The second-order valence-corrected chi connectivity index (χ2v) is 3.92. The Morgan fingerprint density at radius 1 is 1.62 bits per heavy atom. The van der Waals surface area contributed by atoms with Crippen molar-refractivity contribution in [1.82, 2.24) is 5.32 Å². The molecular formula is C11H17NS. The van der Waals surface area contributed by atoms with E-state index in [0.29, 0.717) is 6.04 Å². The summed E-state index contributed by atoms with van der Waals surface area (Å²) in [6.45, 7) is 9.22.